The van der Waals surface area contributed by atoms with Gasteiger partial charge in [-0.15, -0.1) is 0 Å². The molecule has 1 saturated heterocycles. The fraction of sp³-hybridized carbons (Fsp3) is 0.500. The van der Waals surface area contributed by atoms with E-state index in [2.05, 4.69) is 15.7 Å². The summed E-state index contributed by atoms with van der Waals surface area (Å²) in [5, 5.41) is 8.80. The summed E-state index contributed by atoms with van der Waals surface area (Å²) >= 11 is 0. The third-order valence-electron chi connectivity index (χ3n) is 3.92. The van der Waals surface area contributed by atoms with E-state index in [-0.39, 0.29) is 18.9 Å². The highest BCUT2D eigenvalue weighted by Gasteiger charge is 2.21. The van der Waals surface area contributed by atoms with Gasteiger partial charge in [0.15, 0.2) is 0 Å². The van der Waals surface area contributed by atoms with Crippen LogP contribution >= 0.6 is 0 Å². The molecule has 1 amide bonds. The van der Waals surface area contributed by atoms with Crippen molar-refractivity contribution in [1.82, 2.24) is 14.5 Å². The quantitative estimate of drug-likeness (QED) is 0.788. The van der Waals surface area contributed by atoms with Crippen LogP contribution in [0, 0.1) is 11.3 Å². The van der Waals surface area contributed by atoms with E-state index >= 15 is 0 Å². The molecular formula is C16H22N4O3S. The standard InChI is InChI=1S/C16H22N4O3S/c1-24(22,23)18-7-6-16(21)20-10-8-19(9-11-20)13-15-4-2-14(12-17)3-5-15/h2-5,18H,6-11,13H2,1H3. The number of nitrogens with zero attached hydrogens (tertiary/aromatic N) is 3. The molecule has 0 aliphatic carbocycles. The lowest BCUT2D eigenvalue weighted by Crippen LogP contribution is -2.48. The Morgan fingerprint density at radius 3 is 2.38 bits per heavy atom. The normalized spacial score (nSPS) is 15.9. The number of sulfonamides is 1. The number of piperazine rings is 1. The zero-order valence-electron chi connectivity index (χ0n) is 13.7. The van der Waals surface area contributed by atoms with Crippen LogP contribution in [0.1, 0.15) is 17.5 Å². The second-order valence-corrected chi connectivity index (χ2v) is 7.72. The molecule has 1 N–H and O–H groups in total. The van der Waals surface area contributed by atoms with Gasteiger partial charge >= 0.3 is 0 Å². The monoisotopic (exact) mass is 350 g/mol. The molecule has 1 fully saturated rings. The lowest BCUT2D eigenvalue weighted by molar-refractivity contribution is -0.132. The number of rotatable bonds is 6. The molecule has 130 valence electrons. The minimum atomic E-state index is -3.25. The number of carbonyl (C=O) groups excluding carboxylic acids is 1. The van der Waals surface area contributed by atoms with Gasteiger partial charge in [0.25, 0.3) is 0 Å². The van der Waals surface area contributed by atoms with Crippen LogP contribution in [0.5, 0.6) is 0 Å². The van der Waals surface area contributed by atoms with Crippen molar-refractivity contribution in [1.29, 1.82) is 5.26 Å². The number of carbonyl (C=O) groups is 1. The van der Waals surface area contributed by atoms with Crippen LogP contribution in [0.4, 0.5) is 0 Å². The molecule has 0 spiro atoms. The Labute approximate surface area is 142 Å². The van der Waals surface area contributed by atoms with Gasteiger partial charge < -0.3 is 4.90 Å². The van der Waals surface area contributed by atoms with Crippen LogP contribution in [0.25, 0.3) is 0 Å². The highest BCUT2D eigenvalue weighted by atomic mass is 32.2. The van der Waals surface area contributed by atoms with Crippen molar-refractivity contribution in [3.05, 3.63) is 35.4 Å². The van der Waals surface area contributed by atoms with Gasteiger partial charge in [-0.2, -0.15) is 5.26 Å². The molecule has 0 unspecified atom stereocenters. The van der Waals surface area contributed by atoms with Crippen molar-refractivity contribution in [2.24, 2.45) is 0 Å². The predicted molar refractivity (Wildman–Crippen MR) is 90.5 cm³/mol. The number of hydrogen-bond acceptors (Lipinski definition) is 5. The number of amides is 1. The second kappa shape index (κ2) is 8.24. The molecular weight excluding hydrogens is 328 g/mol. The highest BCUT2D eigenvalue weighted by Crippen LogP contribution is 2.10. The molecule has 1 aromatic carbocycles. The molecule has 1 heterocycles. The van der Waals surface area contributed by atoms with Crippen LogP contribution < -0.4 is 4.72 Å². The van der Waals surface area contributed by atoms with Gasteiger partial charge in [-0.25, -0.2) is 13.1 Å². The number of nitriles is 1. The van der Waals surface area contributed by atoms with Crippen molar-refractivity contribution in [3.8, 4) is 6.07 Å². The summed E-state index contributed by atoms with van der Waals surface area (Å²) in [5.74, 6) is -0.0239. The first-order valence-corrected chi connectivity index (χ1v) is 9.70. The van der Waals surface area contributed by atoms with E-state index in [1.165, 1.54) is 0 Å². The van der Waals surface area contributed by atoms with E-state index in [1.807, 2.05) is 24.3 Å². The Morgan fingerprint density at radius 1 is 1.21 bits per heavy atom. The summed E-state index contributed by atoms with van der Waals surface area (Å²) in [4.78, 5) is 16.1. The lowest BCUT2D eigenvalue weighted by atomic mass is 10.1. The summed E-state index contributed by atoms with van der Waals surface area (Å²) in [6.45, 7) is 3.80. The first kappa shape index (κ1) is 18.4. The van der Waals surface area contributed by atoms with Crippen LogP contribution in [0.3, 0.4) is 0 Å². The molecule has 8 heteroatoms. The van der Waals surface area contributed by atoms with E-state index in [4.69, 9.17) is 5.26 Å². The van der Waals surface area contributed by atoms with Gasteiger partial charge in [-0.1, -0.05) is 12.1 Å². The largest absolute Gasteiger partial charge is 0.340 e. The van der Waals surface area contributed by atoms with Crippen LogP contribution in [0.2, 0.25) is 0 Å². The molecule has 0 saturated carbocycles. The maximum atomic E-state index is 12.1. The topological polar surface area (TPSA) is 93.5 Å². The smallest absolute Gasteiger partial charge is 0.223 e. The van der Waals surface area contributed by atoms with Gasteiger partial charge in [0, 0.05) is 45.7 Å². The molecule has 24 heavy (non-hydrogen) atoms. The van der Waals surface area contributed by atoms with Crippen molar-refractivity contribution in [2.45, 2.75) is 13.0 Å². The Kier molecular flexibility index (Phi) is 6.31. The van der Waals surface area contributed by atoms with Crippen molar-refractivity contribution in [3.63, 3.8) is 0 Å². The van der Waals surface area contributed by atoms with Gasteiger partial charge in [-0.05, 0) is 17.7 Å². The molecule has 0 radical (unpaired) electrons. The maximum Gasteiger partial charge on any atom is 0.223 e. The molecule has 1 aliphatic rings. The van der Waals surface area contributed by atoms with E-state index in [9.17, 15) is 13.2 Å². The average Bonchev–Trinajstić information content (AvgIpc) is 2.55. The Bertz CT molecular complexity index is 702. The Morgan fingerprint density at radius 2 is 1.83 bits per heavy atom. The van der Waals surface area contributed by atoms with Crippen molar-refractivity contribution < 1.29 is 13.2 Å². The van der Waals surface area contributed by atoms with E-state index < -0.39 is 10.0 Å². The summed E-state index contributed by atoms with van der Waals surface area (Å²) in [7, 11) is -3.25. The van der Waals surface area contributed by atoms with Crippen LogP contribution in [0.15, 0.2) is 24.3 Å². The van der Waals surface area contributed by atoms with Gasteiger partial charge in [0.05, 0.1) is 17.9 Å². The summed E-state index contributed by atoms with van der Waals surface area (Å²) in [5.41, 5.74) is 1.79. The van der Waals surface area contributed by atoms with E-state index in [0.29, 0.717) is 18.7 Å². The van der Waals surface area contributed by atoms with E-state index in [0.717, 1.165) is 31.5 Å². The number of nitrogens with one attached hydrogen (secondary N) is 1. The Balaban J connectivity index is 1.74. The molecule has 1 aliphatic heterocycles. The number of benzene rings is 1. The van der Waals surface area contributed by atoms with E-state index in [1.54, 1.807) is 4.90 Å². The Hall–Kier alpha value is -1.95. The second-order valence-electron chi connectivity index (χ2n) is 5.88. The minimum absolute atomic E-state index is 0.0239. The first-order valence-electron chi connectivity index (χ1n) is 7.81. The fourth-order valence-electron chi connectivity index (χ4n) is 2.60. The fourth-order valence-corrected chi connectivity index (χ4v) is 3.07. The lowest BCUT2D eigenvalue weighted by Gasteiger charge is -2.34. The number of hydrogen-bond donors (Lipinski definition) is 1. The van der Waals surface area contributed by atoms with Gasteiger partial charge in [-0.3, -0.25) is 9.69 Å². The highest BCUT2D eigenvalue weighted by molar-refractivity contribution is 7.88. The average molecular weight is 350 g/mol. The third kappa shape index (κ3) is 5.92. The molecule has 0 atom stereocenters. The van der Waals surface area contributed by atoms with Crippen LogP contribution in [-0.2, 0) is 21.4 Å². The summed E-state index contributed by atoms with van der Waals surface area (Å²) < 4.78 is 24.3. The summed E-state index contributed by atoms with van der Waals surface area (Å²) in [6, 6.07) is 9.62. The summed E-state index contributed by atoms with van der Waals surface area (Å²) in [6.07, 6.45) is 1.27. The maximum absolute atomic E-state index is 12.1. The molecule has 0 bridgehead atoms. The predicted octanol–water partition coefficient (Wildman–Crippen LogP) is 0.142. The minimum Gasteiger partial charge on any atom is -0.340 e. The first-order chi connectivity index (χ1) is 11.4. The zero-order valence-corrected chi connectivity index (χ0v) is 14.6. The SMILES string of the molecule is CS(=O)(=O)NCCC(=O)N1CCN(Cc2ccc(C#N)cc2)CC1. The third-order valence-corrected chi connectivity index (χ3v) is 4.65. The molecule has 0 aromatic heterocycles. The van der Waals surface area contributed by atoms with Crippen LogP contribution in [-0.4, -0.2) is 63.1 Å². The zero-order chi connectivity index (χ0) is 17.6. The van der Waals surface area contributed by atoms with Crippen molar-refractivity contribution >= 4 is 15.9 Å². The van der Waals surface area contributed by atoms with Gasteiger partial charge in [0.1, 0.15) is 0 Å². The molecule has 1 aromatic rings. The molecule has 2 rings (SSSR count). The van der Waals surface area contributed by atoms with Crippen molar-refractivity contribution in [2.75, 3.05) is 39.0 Å². The molecule has 7 nitrogen and oxygen atoms in total. The van der Waals surface area contributed by atoms with Gasteiger partial charge in [0.2, 0.25) is 15.9 Å².